The Morgan fingerprint density at radius 3 is 2.10 bits per heavy atom. The van der Waals surface area contributed by atoms with E-state index in [2.05, 4.69) is 10.6 Å². The third-order valence-electron chi connectivity index (χ3n) is 4.23. The SMILES string of the molecule is Cc1ccccc1C(=O)Nc1ccc(NC(=O)COc2ccc([N+](=O)[O-])cc2)cc1. The summed E-state index contributed by atoms with van der Waals surface area (Å²) in [4.78, 5) is 34.5. The number of non-ortho nitro benzene ring substituents is 1. The number of amides is 2. The number of carbonyl (C=O) groups excluding carboxylic acids is 2. The number of aryl methyl sites for hydroxylation is 1. The van der Waals surface area contributed by atoms with Crippen LogP contribution in [0, 0.1) is 17.0 Å². The Morgan fingerprint density at radius 1 is 0.900 bits per heavy atom. The van der Waals surface area contributed by atoms with Crippen LogP contribution in [0.3, 0.4) is 0 Å². The molecular formula is C22H19N3O5. The lowest BCUT2D eigenvalue weighted by Gasteiger charge is -2.10. The summed E-state index contributed by atoms with van der Waals surface area (Å²) in [6.45, 7) is 1.62. The maximum atomic E-state index is 12.3. The maximum Gasteiger partial charge on any atom is 0.269 e. The number of nitro benzene ring substituents is 1. The Balaban J connectivity index is 1.51. The lowest BCUT2D eigenvalue weighted by molar-refractivity contribution is -0.384. The summed E-state index contributed by atoms with van der Waals surface area (Å²) in [6.07, 6.45) is 0. The molecule has 0 aliphatic carbocycles. The fourth-order valence-corrected chi connectivity index (χ4v) is 2.67. The Hall–Kier alpha value is -4.20. The molecule has 30 heavy (non-hydrogen) atoms. The molecule has 0 aliphatic heterocycles. The first kappa shape index (κ1) is 20.5. The van der Waals surface area contributed by atoms with Gasteiger partial charge in [-0.1, -0.05) is 18.2 Å². The van der Waals surface area contributed by atoms with Crippen LogP contribution in [0.2, 0.25) is 0 Å². The quantitative estimate of drug-likeness (QED) is 0.453. The molecule has 0 heterocycles. The molecule has 3 rings (SSSR count). The molecule has 2 N–H and O–H groups in total. The van der Waals surface area contributed by atoms with Crippen LogP contribution in [0.25, 0.3) is 0 Å². The summed E-state index contributed by atoms with van der Waals surface area (Å²) in [6, 6.07) is 19.5. The zero-order chi connectivity index (χ0) is 21.5. The minimum Gasteiger partial charge on any atom is -0.484 e. The highest BCUT2D eigenvalue weighted by Crippen LogP contribution is 2.18. The van der Waals surface area contributed by atoms with Crippen LogP contribution in [0.4, 0.5) is 17.1 Å². The number of hydrogen-bond donors (Lipinski definition) is 2. The summed E-state index contributed by atoms with van der Waals surface area (Å²) in [5.74, 6) is -0.239. The average Bonchev–Trinajstić information content (AvgIpc) is 2.74. The minimum absolute atomic E-state index is 0.0543. The van der Waals surface area contributed by atoms with Crippen molar-refractivity contribution in [2.75, 3.05) is 17.2 Å². The van der Waals surface area contributed by atoms with E-state index < -0.39 is 4.92 Å². The lowest BCUT2D eigenvalue weighted by atomic mass is 10.1. The van der Waals surface area contributed by atoms with Crippen molar-refractivity contribution in [3.63, 3.8) is 0 Å². The average molecular weight is 405 g/mol. The number of nitro groups is 1. The van der Waals surface area contributed by atoms with E-state index in [9.17, 15) is 19.7 Å². The highest BCUT2D eigenvalue weighted by molar-refractivity contribution is 6.05. The number of hydrogen-bond acceptors (Lipinski definition) is 5. The highest BCUT2D eigenvalue weighted by Gasteiger charge is 2.10. The predicted octanol–water partition coefficient (Wildman–Crippen LogP) is 4.17. The van der Waals surface area contributed by atoms with Gasteiger partial charge in [-0.25, -0.2) is 0 Å². The van der Waals surface area contributed by atoms with Crippen LogP contribution in [-0.2, 0) is 4.79 Å². The lowest BCUT2D eigenvalue weighted by Crippen LogP contribution is -2.20. The normalized spacial score (nSPS) is 10.2. The molecule has 2 amide bonds. The van der Waals surface area contributed by atoms with E-state index in [1.807, 2.05) is 19.1 Å². The van der Waals surface area contributed by atoms with Gasteiger partial charge in [0.2, 0.25) is 0 Å². The van der Waals surface area contributed by atoms with Crippen LogP contribution in [0.1, 0.15) is 15.9 Å². The van der Waals surface area contributed by atoms with Crippen molar-refractivity contribution >= 4 is 28.9 Å². The molecule has 0 spiro atoms. The molecule has 0 bridgehead atoms. The van der Waals surface area contributed by atoms with Gasteiger partial charge in [-0.15, -0.1) is 0 Å². The second kappa shape index (κ2) is 9.33. The fourth-order valence-electron chi connectivity index (χ4n) is 2.67. The smallest absolute Gasteiger partial charge is 0.269 e. The number of ether oxygens (including phenoxy) is 1. The highest BCUT2D eigenvalue weighted by atomic mass is 16.6. The van der Waals surface area contributed by atoms with Crippen molar-refractivity contribution in [2.24, 2.45) is 0 Å². The number of carbonyl (C=O) groups is 2. The predicted molar refractivity (Wildman–Crippen MR) is 113 cm³/mol. The van der Waals surface area contributed by atoms with Gasteiger partial charge in [-0.2, -0.15) is 0 Å². The van der Waals surface area contributed by atoms with E-state index in [0.717, 1.165) is 5.56 Å². The molecule has 0 saturated heterocycles. The molecule has 8 heteroatoms. The van der Waals surface area contributed by atoms with Gasteiger partial charge >= 0.3 is 0 Å². The number of benzene rings is 3. The van der Waals surface area contributed by atoms with Crippen molar-refractivity contribution in [1.82, 2.24) is 0 Å². The van der Waals surface area contributed by atoms with Crippen molar-refractivity contribution < 1.29 is 19.2 Å². The minimum atomic E-state index is -0.510. The number of nitrogens with one attached hydrogen (secondary N) is 2. The first-order valence-electron chi connectivity index (χ1n) is 9.06. The fraction of sp³-hybridized carbons (Fsp3) is 0.0909. The molecule has 0 aromatic heterocycles. The van der Waals surface area contributed by atoms with Crippen LogP contribution in [0.5, 0.6) is 5.75 Å². The summed E-state index contributed by atoms with van der Waals surface area (Å²) in [7, 11) is 0. The van der Waals surface area contributed by atoms with Gasteiger partial charge < -0.3 is 15.4 Å². The van der Waals surface area contributed by atoms with Crippen LogP contribution in [0.15, 0.2) is 72.8 Å². The molecule has 8 nitrogen and oxygen atoms in total. The molecule has 0 unspecified atom stereocenters. The summed E-state index contributed by atoms with van der Waals surface area (Å²) < 4.78 is 5.32. The largest absolute Gasteiger partial charge is 0.484 e. The third-order valence-corrected chi connectivity index (χ3v) is 4.23. The number of nitrogens with zero attached hydrogens (tertiary/aromatic N) is 1. The Morgan fingerprint density at radius 2 is 1.50 bits per heavy atom. The third kappa shape index (κ3) is 5.41. The molecule has 0 atom stereocenters. The van der Waals surface area contributed by atoms with Gasteiger partial charge in [0.15, 0.2) is 6.61 Å². The molecule has 0 radical (unpaired) electrons. The summed E-state index contributed by atoms with van der Waals surface area (Å²) >= 11 is 0. The second-order valence-electron chi connectivity index (χ2n) is 6.43. The molecule has 0 aliphatic rings. The molecule has 3 aromatic carbocycles. The zero-order valence-electron chi connectivity index (χ0n) is 16.1. The zero-order valence-corrected chi connectivity index (χ0v) is 16.1. The van der Waals surface area contributed by atoms with Crippen LogP contribution in [-0.4, -0.2) is 23.3 Å². The van der Waals surface area contributed by atoms with Crippen LogP contribution >= 0.6 is 0 Å². The van der Waals surface area contributed by atoms with Gasteiger partial charge in [0.25, 0.3) is 17.5 Å². The Kier molecular flexibility index (Phi) is 6.39. The molecule has 3 aromatic rings. The van der Waals surface area contributed by atoms with Crippen LogP contribution < -0.4 is 15.4 Å². The number of rotatable bonds is 7. The maximum absolute atomic E-state index is 12.3. The first-order valence-corrected chi connectivity index (χ1v) is 9.06. The topological polar surface area (TPSA) is 111 Å². The first-order chi connectivity index (χ1) is 14.4. The van der Waals surface area contributed by atoms with E-state index in [0.29, 0.717) is 22.7 Å². The van der Waals surface area contributed by atoms with E-state index in [1.54, 1.807) is 36.4 Å². The second-order valence-corrected chi connectivity index (χ2v) is 6.43. The van der Waals surface area contributed by atoms with Crippen molar-refractivity contribution in [1.29, 1.82) is 0 Å². The summed E-state index contributed by atoms with van der Waals surface area (Å²) in [5.41, 5.74) is 2.57. The molecule has 0 saturated carbocycles. The van der Waals surface area contributed by atoms with Crippen molar-refractivity contribution in [3.8, 4) is 5.75 Å². The molecule has 152 valence electrons. The molecule has 0 fully saturated rings. The Labute approximate surface area is 172 Å². The standard InChI is InChI=1S/C22H19N3O5/c1-15-4-2-3-5-20(15)22(27)24-17-8-6-16(7-9-17)23-21(26)14-30-19-12-10-18(11-13-19)25(28)29/h2-13H,14H2,1H3,(H,23,26)(H,24,27). The van der Waals surface area contributed by atoms with E-state index >= 15 is 0 Å². The van der Waals surface area contributed by atoms with Gasteiger partial charge in [0.1, 0.15) is 5.75 Å². The monoisotopic (exact) mass is 405 g/mol. The van der Waals surface area contributed by atoms with Crippen molar-refractivity contribution in [3.05, 3.63) is 94.0 Å². The number of anilines is 2. The van der Waals surface area contributed by atoms with E-state index in [4.69, 9.17) is 4.74 Å². The molecular weight excluding hydrogens is 386 g/mol. The summed E-state index contributed by atoms with van der Waals surface area (Å²) in [5, 5.41) is 16.1. The van der Waals surface area contributed by atoms with E-state index in [-0.39, 0.29) is 24.1 Å². The van der Waals surface area contributed by atoms with E-state index in [1.165, 1.54) is 24.3 Å². The Bertz CT molecular complexity index is 1060. The van der Waals surface area contributed by atoms with Gasteiger partial charge in [0, 0.05) is 29.1 Å². The van der Waals surface area contributed by atoms with Crippen molar-refractivity contribution in [2.45, 2.75) is 6.92 Å². The van der Waals surface area contributed by atoms with Gasteiger partial charge in [-0.3, -0.25) is 19.7 Å². The van der Waals surface area contributed by atoms with Gasteiger partial charge in [-0.05, 0) is 55.0 Å². The van der Waals surface area contributed by atoms with Gasteiger partial charge in [0.05, 0.1) is 4.92 Å².